The van der Waals surface area contributed by atoms with Crippen molar-refractivity contribution in [3.63, 3.8) is 0 Å². The first-order chi connectivity index (χ1) is 11.1. The Bertz CT molecular complexity index is 792. The van der Waals surface area contributed by atoms with Crippen LogP contribution in [0, 0.1) is 0 Å². The normalized spacial score (nSPS) is 15.0. The highest BCUT2D eigenvalue weighted by molar-refractivity contribution is 6.14. The van der Waals surface area contributed by atoms with E-state index in [9.17, 15) is 9.90 Å². The van der Waals surface area contributed by atoms with E-state index in [-0.39, 0.29) is 18.1 Å². The molecular formula is C18H16O5. The summed E-state index contributed by atoms with van der Waals surface area (Å²) in [6.45, 7) is 0.196. The molecule has 0 fully saturated rings. The number of fused-ring (bicyclic) bond motifs is 1. The van der Waals surface area contributed by atoms with Crippen LogP contribution in [0.25, 0.3) is 6.08 Å². The van der Waals surface area contributed by atoms with Gasteiger partial charge in [0.15, 0.2) is 17.3 Å². The maximum absolute atomic E-state index is 12.6. The van der Waals surface area contributed by atoms with E-state index in [0.717, 1.165) is 5.56 Å². The quantitative estimate of drug-likeness (QED) is 0.882. The van der Waals surface area contributed by atoms with Crippen LogP contribution in [0.3, 0.4) is 0 Å². The molecule has 0 unspecified atom stereocenters. The van der Waals surface area contributed by atoms with Crippen LogP contribution in [0.4, 0.5) is 0 Å². The van der Waals surface area contributed by atoms with Gasteiger partial charge in [0, 0.05) is 5.57 Å². The summed E-state index contributed by atoms with van der Waals surface area (Å²) in [5.74, 6) is 1.46. The van der Waals surface area contributed by atoms with Crippen molar-refractivity contribution >= 4 is 11.9 Å². The molecule has 23 heavy (non-hydrogen) atoms. The van der Waals surface area contributed by atoms with Crippen LogP contribution in [0.2, 0.25) is 0 Å². The molecule has 0 aliphatic carbocycles. The molecule has 118 valence electrons. The summed E-state index contributed by atoms with van der Waals surface area (Å²) in [5, 5.41) is 9.63. The van der Waals surface area contributed by atoms with E-state index in [1.165, 1.54) is 13.2 Å². The molecule has 0 atom stereocenters. The van der Waals surface area contributed by atoms with E-state index in [1.54, 1.807) is 43.5 Å². The van der Waals surface area contributed by atoms with E-state index in [4.69, 9.17) is 14.2 Å². The number of hydrogen-bond acceptors (Lipinski definition) is 5. The lowest BCUT2D eigenvalue weighted by Crippen LogP contribution is -2.19. The average molecular weight is 312 g/mol. The average Bonchev–Trinajstić information content (AvgIpc) is 2.58. The fourth-order valence-electron chi connectivity index (χ4n) is 2.43. The standard InChI is InChI=1S/C18H16O5/c1-21-13-4-6-16-14(9-13)18(20)12(10-23-16)7-11-3-5-15(19)17(8-11)22-2/h3-9,19H,10H2,1-2H3/b12-7-. The molecule has 1 aliphatic heterocycles. The second kappa shape index (κ2) is 6.04. The van der Waals surface area contributed by atoms with Crippen molar-refractivity contribution in [2.45, 2.75) is 0 Å². The van der Waals surface area contributed by atoms with Crippen LogP contribution < -0.4 is 14.2 Å². The van der Waals surface area contributed by atoms with E-state index in [2.05, 4.69) is 0 Å². The third-order valence-electron chi connectivity index (χ3n) is 3.65. The monoisotopic (exact) mass is 312 g/mol. The first kappa shape index (κ1) is 15.0. The summed E-state index contributed by atoms with van der Waals surface area (Å²) in [7, 11) is 3.03. The molecule has 0 spiro atoms. The smallest absolute Gasteiger partial charge is 0.196 e. The molecule has 0 radical (unpaired) electrons. The fraction of sp³-hybridized carbons (Fsp3) is 0.167. The Balaban J connectivity index is 1.96. The summed E-state index contributed by atoms with van der Waals surface area (Å²) in [6.07, 6.45) is 1.73. The second-order valence-corrected chi connectivity index (χ2v) is 5.08. The number of carbonyl (C=O) groups is 1. The van der Waals surface area contributed by atoms with Gasteiger partial charge in [0.05, 0.1) is 19.8 Å². The van der Waals surface area contributed by atoms with Crippen molar-refractivity contribution in [3.8, 4) is 23.0 Å². The molecule has 0 saturated carbocycles. The Morgan fingerprint density at radius 1 is 1.13 bits per heavy atom. The number of Topliss-reactive ketones (excluding diaryl/α,β-unsaturated/α-hetero) is 1. The predicted molar refractivity (Wildman–Crippen MR) is 85.5 cm³/mol. The van der Waals surface area contributed by atoms with Gasteiger partial charge in [0.25, 0.3) is 0 Å². The number of benzene rings is 2. The molecule has 1 heterocycles. The topological polar surface area (TPSA) is 65.0 Å². The molecular weight excluding hydrogens is 296 g/mol. The highest BCUT2D eigenvalue weighted by Crippen LogP contribution is 2.32. The van der Waals surface area contributed by atoms with Gasteiger partial charge < -0.3 is 19.3 Å². The largest absolute Gasteiger partial charge is 0.504 e. The summed E-state index contributed by atoms with van der Waals surface area (Å²) in [5.41, 5.74) is 1.75. The Hall–Kier alpha value is -2.95. The summed E-state index contributed by atoms with van der Waals surface area (Å²) in [4.78, 5) is 12.6. The number of phenolic OH excluding ortho intramolecular Hbond substituents is 1. The summed E-state index contributed by atoms with van der Waals surface area (Å²) >= 11 is 0. The first-order valence-electron chi connectivity index (χ1n) is 7.05. The third-order valence-corrected chi connectivity index (χ3v) is 3.65. The Morgan fingerprint density at radius 3 is 2.70 bits per heavy atom. The van der Waals surface area contributed by atoms with Gasteiger partial charge in [0.1, 0.15) is 18.1 Å². The Labute approximate surface area is 133 Å². The second-order valence-electron chi connectivity index (χ2n) is 5.08. The molecule has 0 aromatic heterocycles. The van der Waals surface area contributed by atoms with Crippen LogP contribution in [-0.2, 0) is 0 Å². The lowest BCUT2D eigenvalue weighted by atomic mass is 9.98. The van der Waals surface area contributed by atoms with Crippen molar-refractivity contribution in [2.24, 2.45) is 0 Å². The number of aromatic hydroxyl groups is 1. The minimum absolute atomic E-state index is 0.0518. The van der Waals surface area contributed by atoms with Gasteiger partial charge in [-0.15, -0.1) is 0 Å². The van der Waals surface area contributed by atoms with Crippen molar-refractivity contribution in [3.05, 3.63) is 53.1 Å². The molecule has 1 aliphatic rings. The maximum Gasteiger partial charge on any atom is 0.196 e. The molecule has 2 aromatic carbocycles. The van der Waals surface area contributed by atoms with Gasteiger partial charge in [-0.25, -0.2) is 0 Å². The van der Waals surface area contributed by atoms with Crippen LogP contribution in [-0.4, -0.2) is 31.7 Å². The first-order valence-corrected chi connectivity index (χ1v) is 7.05. The zero-order valence-electron chi connectivity index (χ0n) is 12.8. The molecule has 3 rings (SSSR count). The van der Waals surface area contributed by atoms with E-state index < -0.39 is 0 Å². The van der Waals surface area contributed by atoms with Crippen LogP contribution >= 0.6 is 0 Å². The van der Waals surface area contributed by atoms with Crippen LogP contribution in [0.5, 0.6) is 23.0 Å². The van der Waals surface area contributed by atoms with Gasteiger partial charge in [0.2, 0.25) is 0 Å². The fourth-order valence-corrected chi connectivity index (χ4v) is 2.43. The van der Waals surface area contributed by atoms with Crippen LogP contribution in [0.1, 0.15) is 15.9 Å². The highest BCUT2D eigenvalue weighted by Gasteiger charge is 2.24. The minimum atomic E-state index is -0.0998. The number of methoxy groups -OCH3 is 2. The number of ketones is 1. The summed E-state index contributed by atoms with van der Waals surface area (Å²) in [6, 6.07) is 10.0. The van der Waals surface area contributed by atoms with Gasteiger partial charge in [-0.3, -0.25) is 4.79 Å². The lowest BCUT2D eigenvalue weighted by Gasteiger charge is -2.19. The molecule has 0 saturated heterocycles. The molecule has 0 bridgehead atoms. The molecule has 5 heteroatoms. The zero-order chi connectivity index (χ0) is 16.4. The van der Waals surface area contributed by atoms with Crippen molar-refractivity contribution < 1.29 is 24.1 Å². The van der Waals surface area contributed by atoms with E-state index >= 15 is 0 Å². The highest BCUT2D eigenvalue weighted by atomic mass is 16.5. The van der Waals surface area contributed by atoms with E-state index in [0.29, 0.717) is 28.4 Å². The SMILES string of the molecule is COc1ccc2c(c1)C(=O)/C(=C\c1ccc(O)c(OC)c1)CO2. The van der Waals surface area contributed by atoms with Crippen molar-refractivity contribution in [2.75, 3.05) is 20.8 Å². The number of rotatable bonds is 3. The lowest BCUT2D eigenvalue weighted by molar-refractivity contribution is 0.100. The predicted octanol–water partition coefficient (Wildman–Crippen LogP) is 3.07. The van der Waals surface area contributed by atoms with Crippen molar-refractivity contribution in [1.29, 1.82) is 0 Å². The summed E-state index contributed by atoms with van der Waals surface area (Å²) < 4.78 is 15.9. The third kappa shape index (κ3) is 2.85. The maximum atomic E-state index is 12.6. The number of phenols is 1. The van der Waals surface area contributed by atoms with Gasteiger partial charge in [-0.05, 0) is 42.0 Å². The van der Waals surface area contributed by atoms with E-state index in [1.807, 2.05) is 0 Å². The Morgan fingerprint density at radius 2 is 1.96 bits per heavy atom. The number of ether oxygens (including phenoxy) is 3. The van der Waals surface area contributed by atoms with Crippen molar-refractivity contribution in [1.82, 2.24) is 0 Å². The van der Waals surface area contributed by atoms with Gasteiger partial charge in [-0.2, -0.15) is 0 Å². The Kier molecular flexibility index (Phi) is 3.93. The minimum Gasteiger partial charge on any atom is -0.504 e. The van der Waals surface area contributed by atoms with Crippen LogP contribution in [0.15, 0.2) is 42.0 Å². The van der Waals surface area contributed by atoms with Gasteiger partial charge >= 0.3 is 0 Å². The zero-order valence-corrected chi connectivity index (χ0v) is 12.8. The molecule has 1 N–H and O–H groups in total. The molecule has 0 amide bonds. The molecule has 2 aromatic rings. The number of carbonyl (C=O) groups excluding carboxylic acids is 1. The van der Waals surface area contributed by atoms with Gasteiger partial charge in [-0.1, -0.05) is 6.07 Å². The number of hydrogen-bond donors (Lipinski definition) is 1. The molecule has 5 nitrogen and oxygen atoms in total.